The molecule has 8 heteroatoms. The number of alkyl halides is 3. The molecule has 0 aliphatic carbocycles. The number of halogens is 3. The zero-order chi connectivity index (χ0) is 26.8. The number of allylic oxidation sites excluding steroid dienone is 5. The van der Waals surface area contributed by atoms with Gasteiger partial charge in [0.25, 0.3) is 0 Å². The molecule has 0 bridgehead atoms. The van der Waals surface area contributed by atoms with E-state index in [1.807, 2.05) is 13.8 Å². The van der Waals surface area contributed by atoms with Gasteiger partial charge in [-0.25, -0.2) is 4.79 Å². The predicted molar refractivity (Wildman–Crippen MR) is 135 cm³/mol. The number of carboxylic acid groups (broad SMARTS) is 1. The molecule has 0 aliphatic heterocycles. The standard InChI is InChI=1S/C28H26F3NO4/c1-6-8-9-18(7-2)25-16(4)24(33)22-13-15(3)12-20(26(22)36-25)17(5)32-23-11-10-19(28(29,30)31)14-21(23)27(34)35/h6-14,17,32H,1H2,2-5H3,(H,34,35)/b9-8-,18-7+. The van der Waals surface area contributed by atoms with E-state index in [1.54, 1.807) is 50.3 Å². The lowest BCUT2D eigenvalue weighted by Gasteiger charge is -2.20. The van der Waals surface area contributed by atoms with Crippen molar-refractivity contribution in [3.63, 3.8) is 0 Å². The van der Waals surface area contributed by atoms with Gasteiger partial charge in [-0.1, -0.05) is 36.9 Å². The molecule has 3 aromatic rings. The number of hydrogen-bond donors (Lipinski definition) is 2. The minimum atomic E-state index is -4.68. The lowest BCUT2D eigenvalue weighted by molar-refractivity contribution is -0.137. The van der Waals surface area contributed by atoms with Crippen molar-refractivity contribution in [1.29, 1.82) is 0 Å². The van der Waals surface area contributed by atoms with Crippen molar-refractivity contribution in [2.75, 3.05) is 5.32 Å². The van der Waals surface area contributed by atoms with Crippen LogP contribution in [0.2, 0.25) is 0 Å². The van der Waals surface area contributed by atoms with Crippen molar-refractivity contribution in [2.45, 2.75) is 39.9 Å². The largest absolute Gasteiger partial charge is 0.478 e. The molecule has 0 aliphatic rings. The number of aromatic carboxylic acids is 1. The summed E-state index contributed by atoms with van der Waals surface area (Å²) in [7, 11) is 0. The van der Waals surface area contributed by atoms with Crippen molar-refractivity contribution < 1.29 is 27.5 Å². The second kappa shape index (κ2) is 10.3. The van der Waals surface area contributed by atoms with Crippen LogP contribution in [-0.2, 0) is 6.18 Å². The average molecular weight is 498 g/mol. The first-order valence-electron chi connectivity index (χ1n) is 11.1. The van der Waals surface area contributed by atoms with Crippen LogP contribution >= 0.6 is 0 Å². The van der Waals surface area contributed by atoms with Gasteiger partial charge >= 0.3 is 12.1 Å². The van der Waals surface area contributed by atoms with E-state index in [0.29, 0.717) is 39.5 Å². The van der Waals surface area contributed by atoms with E-state index >= 15 is 0 Å². The summed E-state index contributed by atoms with van der Waals surface area (Å²) in [6.45, 7) is 10.7. The van der Waals surface area contributed by atoms with Crippen molar-refractivity contribution in [3.05, 3.63) is 105 Å². The maximum Gasteiger partial charge on any atom is 0.416 e. The van der Waals surface area contributed by atoms with Crippen molar-refractivity contribution in [1.82, 2.24) is 0 Å². The van der Waals surface area contributed by atoms with Gasteiger partial charge in [0, 0.05) is 22.4 Å². The smallest absolute Gasteiger partial charge is 0.416 e. The Labute approximate surface area is 206 Å². The molecule has 1 aromatic heterocycles. The van der Waals surface area contributed by atoms with Gasteiger partial charge in [-0.05, 0) is 57.5 Å². The summed E-state index contributed by atoms with van der Waals surface area (Å²) in [4.78, 5) is 25.0. The third-order valence-corrected chi connectivity index (χ3v) is 5.79. The molecule has 1 heterocycles. The van der Waals surface area contributed by atoms with E-state index in [-0.39, 0.29) is 11.1 Å². The number of anilines is 1. The van der Waals surface area contributed by atoms with Crippen LogP contribution in [0.5, 0.6) is 0 Å². The predicted octanol–water partition coefficient (Wildman–Crippen LogP) is 7.45. The van der Waals surface area contributed by atoms with E-state index in [4.69, 9.17) is 4.42 Å². The first-order chi connectivity index (χ1) is 16.9. The van der Waals surface area contributed by atoms with Gasteiger partial charge in [0.15, 0.2) is 5.43 Å². The third kappa shape index (κ3) is 5.27. The SMILES string of the molecule is C=C/C=C\C(=C/C)c1oc2c(C(C)Nc3ccc(C(F)(F)F)cc3C(=O)O)cc(C)cc2c(=O)c1C. The summed E-state index contributed by atoms with van der Waals surface area (Å²) >= 11 is 0. The zero-order valence-electron chi connectivity index (χ0n) is 20.3. The average Bonchev–Trinajstić information content (AvgIpc) is 2.81. The van der Waals surface area contributed by atoms with Gasteiger partial charge in [-0.15, -0.1) is 0 Å². The molecule has 2 N–H and O–H groups in total. The summed E-state index contributed by atoms with van der Waals surface area (Å²) in [5.74, 6) is -1.12. The minimum absolute atomic E-state index is 0.00963. The van der Waals surface area contributed by atoms with Gasteiger partial charge in [-0.3, -0.25) is 4.79 Å². The van der Waals surface area contributed by atoms with Crippen LogP contribution in [0.1, 0.15) is 58.3 Å². The normalized spacial score (nSPS) is 13.2. The molecule has 36 heavy (non-hydrogen) atoms. The molecular formula is C28H26F3NO4. The lowest BCUT2D eigenvalue weighted by atomic mass is 9.98. The lowest BCUT2D eigenvalue weighted by Crippen LogP contribution is -2.15. The Kier molecular flexibility index (Phi) is 7.57. The summed E-state index contributed by atoms with van der Waals surface area (Å²) in [6.07, 6.45) is 2.21. The minimum Gasteiger partial charge on any atom is -0.478 e. The maximum atomic E-state index is 13.3. The number of nitrogens with one attached hydrogen (secondary N) is 1. The van der Waals surface area contributed by atoms with Crippen LogP contribution in [0, 0.1) is 13.8 Å². The number of aryl methyl sites for hydroxylation is 1. The molecule has 0 saturated carbocycles. The zero-order valence-corrected chi connectivity index (χ0v) is 20.3. The molecule has 1 unspecified atom stereocenters. The molecule has 0 spiro atoms. The van der Waals surface area contributed by atoms with Gasteiger partial charge in [0.05, 0.1) is 22.6 Å². The summed E-state index contributed by atoms with van der Waals surface area (Å²) in [6, 6.07) is 5.40. The van der Waals surface area contributed by atoms with Crippen LogP contribution in [0.3, 0.4) is 0 Å². The number of carbonyl (C=O) groups is 1. The monoisotopic (exact) mass is 497 g/mol. The van der Waals surface area contributed by atoms with Gasteiger partial charge in [0.2, 0.25) is 0 Å². The Hall–Kier alpha value is -4.07. The maximum absolute atomic E-state index is 13.3. The van der Waals surface area contributed by atoms with E-state index in [1.165, 1.54) is 0 Å². The van der Waals surface area contributed by atoms with Crippen LogP contribution in [0.25, 0.3) is 16.5 Å². The summed E-state index contributed by atoms with van der Waals surface area (Å²) in [5, 5.41) is 12.9. The van der Waals surface area contributed by atoms with Gasteiger partial charge in [-0.2, -0.15) is 13.2 Å². The first kappa shape index (κ1) is 26.5. The molecule has 2 aromatic carbocycles. The molecule has 0 radical (unpaired) electrons. The molecule has 3 rings (SSSR count). The molecule has 1 atom stereocenters. The number of carboxylic acids is 1. The van der Waals surface area contributed by atoms with Crippen molar-refractivity contribution >= 4 is 28.2 Å². The van der Waals surface area contributed by atoms with Crippen LogP contribution in [0.4, 0.5) is 18.9 Å². The molecule has 0 saturated heterocycles. The van der Waals surface area contributed by atoms with E-state index in [9.17, 15) is 27.9 Å². The van der Waals surface area contributed by atoms with Gasteiger partial charge < -0.3 is 14.8 Å². The van der Waals surface area contributed by atoms with E-state index < -0.39 is 29.3 Å². The Morgan fingerprint density at radius 1 is 1.19 bits per heavy atom. The molecule has 188 valence electrons. The number of benzene rings is 2. The molecule has 0 fully saturated rings. The third-order valence-electron chi connectivity index (χ3n) is 5.79. The highest BCUT2D eigenvalue weighted by Crippen LogP contribution is 2.35. The molecular weight excluding hydrogens is 471 g/mol. The molecule has 5 nitrogen and oxygen atoms in total. The second-order valence-electron chi connectivity index (χ2n) is 8.38. The number of hydrogen-bond acceptors (Lipinski definition) is 4. The fraction of sp³-hybridized carbons (Fsp3) is 0.214. The number of fused-ring (bicyclic) bond motifs is 1. The Morgan fingerprint density at radius 3 is 2.47 bits per heavy atom. The highest BCUT2D eigenvalue weighted by molar-refractivity contribution is 5.95. The Balaban J connectivity index is 2.19. The fourth-order valence-corrected chi connectivity index (χ4v) is 3.97. The van der Waals surface area contributed by atoms with Crippen LogP contribution < -0.4 is 10.7 Å². The summed E-state index contributed by atoms with van der Waals surface area (Å²) in [5.41, 5.74) is 0.963. The Morgan fingerprint density at radius 2 is 1.89 bits per heavy atom. The number of rotatable bonds is 7. The second-order valence-corrected chi connectivity index (χ2v) is 8.38. The topological polar surface area (TPSA) is 79.5 Å². The summed E-state index contributed by atoms with van der Waals surface area (Å²) < 4.78 is 45.6. The van der Waals surface area contributed by atoms with Crippen molar-refractivity contribution in [3.8, 4) is 0 Å². The van der Waals surface area contributed by atoms with E-state index in [0.717, 1.165) is 17.7 Å². The van der Waals surface area contributed by atoms with Crippen LogP contribution in [0.15, 0.2) is 70.4 Å². The fourth-order valence-electron chi connectivity index (χ4n) is 3.97. The van der Waals surface area contributed by atoms with Crippen LogP contribution in [-0.4, -0.2) is 11.1 Å². The first-order valence-corrected chi connectivity index (χ1v) is 11.1. The Bertz CT molecular complexity index is 1460. The molecule has 0 amide bonds. The van der Waals surface area contributed by atoms with Gasteiger partial charge in [0.1, 0.15) is 11.3 Å². The van der Waals surface area contributed by atoms with E-state index in [2.05, 4.69) is 11.9 Å². The highest BCUT2D eigenvalue weighted by Gasteiger charge is 2.32. The van der Waals surface area contributed by atoms with Crippen molar-refractivity contribution in [2.24, 2.45) is 0 Å². The highest BCUT2D eigenvalue weighted by atomic mass is 19.4. The quantitative estimate of drug-likeness (QED) is 0.332.